The second kappa shape index (κ2) is 10.8. The lowest BCUT2D eigenvalue weighted by atomic mass is 9.82. The van der Waals surface area contributed by atoms with Gasteiger partial charge in [-0.3, -0.25) is 14.3 Å². The Morgan fingerprint density at radius 2 is 2.04 bits per heavy atom. The number of nitriles is 1. The number of ether oxygens (including phenoxy) is 2. The van der Waals surface area contributed by atoms with Crippen LogP contribution >= 0.6 is 11.6 Å². The van der Waals surface area contributed by atoms with Gasteiger partial charge in [-0.05, 0) is 44.0 Å². The number of hydrogen-bond donors (Lipinski definition) is 3. The average molecular weight is 656 g/mol. The maximum absolute atomic E-state index is 14.8. The average Bonchev–Trinajstić information content (AvgIpc) is 3.69. The number of aromatic nitrogens is 4. The Bertz CT molecular complexity index is 1970. The number of halogens is 4. The first kappa shape index (κ1) is 31.1. The van der Waals surface area contributed by atoms with Gasteiger partial charge < -0.3 is 25.6 Å². The first-order valence-corrected chi connectivity index (χ1v) is 14.3. The van der Waals surface area contributed by atoms with Crippen LogP contribution in [0.4, 0.5) is 13.2 Å². The molecule has 2 amide bonds. The summed E-state index contributed by atoms with van der Waals surface area (Å²) < 4.78 is 57.2. The van der Waals surface area contributed by atoms with Gasteiger partial charge in [0.1, 0.15) is 40.8 Å². The van der Waals surface area contributed by atoms with E-state index in [1.165, 1.54) is 32.2 Å². The van der Waals surface area contributed by atoms with Crippen molar-refractivity contribution in [1.29, 1.82) is 5.26 Å². The molecule has 12 nitrogen and oxygen atoms in total. The number of aliphatic hydroxyl groups is 1. The fourth-order valence-corrected chi connectivity index (χ4v) is 5.43. The standard InChI is InChI=1S/C30H25ClF3N7O5/c1-28(27(36)43)13-46-25-18(28)8-22(39-24(25)15-6-19(31)20(9-35)37-10-15)29(44,30(32,33)34)12-38-26(42)14-5-16-11-41(17-3-4-17)40-23(16)21(7-14)45-2/h5-8,10-11,17,44H,3-4,12-13H2,1-2H3,(H2,36,43)(H,38,42)/t28-,29?/m0/s1. The van der Waals surface area contributed by atoms with E-state index in [9.17, 15) is 33.1 Å². The molecule has 238 valence electrons. The number of carbonyl (C=O) groups excluding carboxylic acids is 2. The molecule has 4 aromatic rings. The number of pyridine rings is 2. The molecule has 0 spiro atoms. The normalized spacial score (nSPS) is 18.7. The molecule has 2 atom stereocenters. The van der Waals surface area contributed by atoms with Gasteiger partial charge in [0.05, 0.1) is 30.4 Å². The van der Waals surface area contributed by atoms with Crippen LogP contribution in [0, 0.1) is 11.3 Å². The van der Waals surface area contributed by atoms with E-state index in [1.54, 1.807) is 16.9 Å². The van der Waals surface area contributed by atoms with Crippen LogP contribution in [0.1, 0.15) is 53.1 Å². The van der Waals surface area contributed by atoms with Crippen LogP contribution in [-0.2, 0) is 15.8 Å². The molecule has 2 aliphatic rings. The zero-order chi connectivity index (χ0) is 33.2. The number of methoxy groups -OCH3 is 1. The highest BCUT2D eigenvalue weighted by molar-refractivity contribution is 6.31. The molecule has 1 fully saturated rings. The Labute approximate surface area is 263 Å². The van der Waals surface area contributed by atoms with Crippen molar-refractivity contribution in [3.05, 3.63) is 64.2 Å². The summed E-state index contributed by atoms with van der Waals surface area (Å²) in [6.45, 7) is -0.305. The Balaban J connectivity index is 1.41. The first-order valence-electron chi connectivity index (χ1n) is 13.9. The summed E-state index contributed by atoms with van der Waals surface area (Å²) in [7, 11) is 1.38. The molecular formula is C30H25ClF3N7O5. The van der Waals surface area contributed by atoms with E-state index >= 15 is 0 Å². The van der Waals surface area contributed by atoms with Crippen molar-refractivity contribution in [3.63, 3.8) is 0 Å². The van der Waals surface area contributed by atoms with Crippen LogP contribution in [0.15, 0.2) is 36.7 Å². The monoisotopic (exact) mass is 655 g/mol. The lowest BCUT2D eigenvalue weighted by Crippen LogP contribution is -2.51. The lowest BCUT2D eigenvalue weighted by Gasteiger charge is -2.31. The summed E-state index contributed by atoms with van der Waals surface area (Å²) in [5, 5.41) is 27.6. The van der Waals surface area contributed by atoms with Crippen LogP contribution in [0.3, 0.4) is 0 Å². The Hall–Kier alpha value is -4.94. The molecule has 6 rings (SSSR count). The summed E-state index contributed by atoms with van der Waals surface area (Å²) in [4.78, 5) is 33.8. The Kier molecular flexibility index (Phi) is 7.32. The van der Waals surface area contributed by atoms with Crippen molar-refractivity contribution in [2.24, 2.45) is 5.73 Å². The van der Waals surface area contributed by atoms with E-state index in [0.717, 1.165) is 25.1 Å². The molecule has 0 saturated heterocycles. The summed E-state index contributed by atoms with van der Waals surface area (Å²) in [6, 6.07) is 6.95. The van der Waals surface area contributed by atoms with E-state index in [2.05, 4.69) is 20.4 Å². The highest BCUT2D eigenvalue weighted by atomic mass is 35.5. The van der Waals surface area contributed by atoms with Crippen LogP contribution in [-0.4, -0.2) is 63.1 Å². The number of nitrogens with one attached hydrogen (secondary N) is 1. The number of primary amides is 1. The van der Waals surface area contributed by atoms with Crippen molar-refractivity contribution >= 4 is 34.3 Å². The molecule has 4 heterocycles. The zero-order valence-corrected chi connectivity index (χ0v) is 25.0. The number of alkyl halides is 3. The van der Waals surface area contributed by atoms with Crippen LogP contribution in [0.2, 0.25) is 5.02 Å². The highest BCUT2D eigenvalue weighted by Gasteiger charge is 2.57. The summed E-state index contributed by atoms with van der Waals surface area (Å²) in [6.07, 6.45) is -0.593. The maximum atomic E-state index is 14.8. The highest BCUT2D eigenvalue weighted by Crippen LogP contribution is 2.48. The first-order chi connectivity index (χ1) is 21.7. The fourth-order valence-electron chi connectivity index (χ4n) is 5.23. The number of hydrogen-bond acceptors (Lipinski definition) is 9. The third-order valence-electron chi connectivity index (χ3n) is 8.23. The molecule has 1 saturated carbocycles. The molecular weight excluding hydrogens is 631 g/mol. The number of nitrogens with two attached hydrogens (primary N) is 1. The van der Waals surface area contributed by atoms with E-state index in [-0.39, 0.29) is 57.2 Å². The molecule has 3 aromatic heterocycles. The topological polar surface area (TPSA) is 178 Å². The van der Waals surface area contributed by atoms with E-state index in [1.807, 2.05) is 0 Å². The van der Waals surface area contributed by atoms with Crippen LogP contribution in [0.5, 0.6) is 11.5 Å². The molecule has 16 heteroatoms. The molecule has 4 N–H and O–H groups in total. The third kappa shape index (κ3) is 5.03. The predicted molar refractivity (Wildman–Crippen MR) is 156 cm³/mol. The van der Waals surface area contributed by atoms with Crippen molar-refractivity contribution in [1.82, 2.24) is 25.1 Å². The van der Waals surface area contributed by atoms with Crippen LogP contribution in [0.25, 0.3) is 22.2 Å². The van der Waals surface area contributed by atoms with Crippen molar-refractivity contribution in [2.75, 3.05) is 20.3 Å². The fraction of sp³-hybridized carbons (Fsp3) is 0.333. The molecule has 1 unspecified atom stereocenters. The van der Waals surface area contributed by atoms with Crippen molar-refractivity contribution in [3.8, 4) is 28.8 Å². The molecule has 0 bridgehead atoms. The van der Waals surface area contributed by atoms with Crippen molar-refractivity contribution < 1.29 is 37.3 Å². The largest absolute Gasteiger partial charge is 0.494 e. The summed E-state index contributed by atoms with van der Waals surface area (Å²) in [5.41, 5.74) is -0.651. The number of benzene rings is 1. The second-order valence-corrected chi connectivity index (χ2v) is 11.8. The summed E-state index contributed by atoms with van der Waals surface area (Å²) >= 11 is 6.14. The van der Waals surface area contributed by atoms with E-state index < -0.39 is 41.2 Å². The number of carbonyl (C=O) groups is 2. The van der Waals surface area contributed by atoms with Gasteiger partial charge in [0.25, 0.3) is 5.91 Å². The Morgan fingerprint density at radius 1 is 1.30 bits per heavy atom. The zero-order valence-electron chi connectivity index (χ0n) is 24.3. The minimum Gasteiger partial charge on any atom is -0.494 e. The van der Waals surface area contributed by atoms with Gasteiger partial charge in [-0.15, -0.1) is 0 Å². The Morgan fingerprint density at radius 3 is 2.65 bits per heavy atom. The number of fused-ring (bicyclic) bond motifs is 2. The van der Waals surface area contributed by atoms with Gasteiger partial charge >= 0.3 is 6.18 Å². The van der Waals surface area contributed by atoms with Gasteiger partial charge in [0.2, 0.25) is 11.5 Å². The van der Waals surface area contributed by atoms with Gasteiger partial charge in [-0.25, -0.2) is 9.97 Å². The second-order valence-electron chi connectivity index (χ2n) is 11.4. The van der Waals surface area contributed by atoms with Gasteiger partial charge in [0.15, 0.2) is 5.69 Å². The predicted octanol–water partition coefficient (Wildman–Crippen LogP) is 3.68. The van der Waals surface area contributed by atoms with E-state index in [0.29, 0.717) is 10.9 Å². The molecule has 0 radical (unpaired) electrons. The minimum atomic E-state index is -5.38. The van der Waals surface area contributed by atoms with Gasteiger partial charge in [-0.1, -0.05) is 11.6 Å². The van der Waals surface area contributed by atoms with Crippen LogP contribution < -0.4 is 20.5 Å². The number of nitrogens with zero attached hydrogens (tertiary/aromatic N) is 5. The number of rotatable bonds is 8. The minimum absolute atomic E-state index is 0.0279. The SMILES string of the molecule is COc1cc(C(=O)NCC(O)(c2cc3c(c(-c4cnc(C#N)c(Cl)c4)n2)OC[C@]3(C)C(N)=O)C(F)(F)F)cc2cn(C3CC3)nc12. The molecule has 1 aromatic carbocycles. The molecule has 1 aliphatic carbocycles. The maximum Gasteiger partial charge on any atom is 0.424 e. The van der Waals surface area contributed by atoms with E-state index in [4.69, 9.17) is 26.8 Å². The lowest BCUT2D eigenvalue weighted by molar-refractivity contribution is -0.265. The molecule has 46 heavy (non-hydrogen) atoms. The molecule has 1 aliphatic heterocycles. The third-order valence-corrected chi connectivity index (χ3v) is 8.52. The number of amides is 2. The van der Waals surface area contributed by atoms with Gasteiger partial charge in [-0.2, -0.15) is 23.5 Å². The van der Waals surface area contributed by atoms with Crippen molar-refractivity contribution in [2.45, 2.75) is 43.0 Å². The smallest absolute Gasteiger partial charge is 0.424 e. The van der Waals surface area contributed by atoms with Gasteiger partial charge in [0, 0.05) is 34.5 Å². The quantitative estimate of drug-likeness (QED) is 0.255. The summed E-state index contributed by atoms with van der Waals surface area (Å²) in [5.74, 6) is -1.66.